The van der Waals surface area contributed by atoms with Crippen molar-refractivity contribution in [3.8, 4) is 23.3 Å². The van der Waals surface area contributed by atoms with Gasteiger partial charge in [0.1, 0.15) is 41.6 Å². The second-order valence-corrected chi connectivity index (χ2v) is 8.47. The third-order valence-electron chi connectivity index (χ3n) is 5.73. The van der Waals surface area contributed by atoms with Crippen molar-refractivity contribution in [1.82, 2.24) is 9.97 Å². The lowest BCUT2D eigenvalue weighted by molar-refractivity contribution is 0.0752. The summed E-state index contributed by atoms with van der Waals surface area (Å²) < 4.78 is 31.0. The van der Waals surface area contributed by atoms with Crippen LogP contribution in [0, 0.1) is 30.0 Å². The highest BCUT2D eigenvalue weighted by atomic mass is 19.1. The van der Waals surface area contributed by atoms with Crippen LogP contribution >= 0.6 is 0 Å². The number of nitrogens with zero attached hydrogens (tertiary/aromatic N) is 4. The van der Waals surface area contributed by atoms with Crippen LogP contribution in [-0.2, 0) is 11.3 Å². The molecule has 4 N–H and O–H groups in total. The zero-order chi connectivity index (χ0) is 26.2. The van der Waals surface area contributed by atoms with Crippen molar-refractivity contribution in [3.63, 3.8) is 0 Å². The zero-order valence-electron chi connectivity index (χ0n) is 20.4. The van der Waals surface area contributed by atoms with Crippen LogP contribution in [0.4, 0.5) is 10.1 Å². The standard InChI is InChI=1S/C27H27FN6O3/c1-17-32-14-18(15-33-17)16-36-23-10-20(28)11-24(12-23)37-22-4-2-21(3-5-22)34-25(13-29)27(31)26(30)19-6-8-35-9-7-19/h2-5,10-12,14-15,19H,6-9,16,30-31H2,1H3/b27-26+,34-25?. The quantitative estimate of drug-likeness (QED) is 0.430. The Hall–Kier alpha value is -4.49. The molecule has 37 heavy (non-hydrogen) atoms. The maximum absolute atomic E-state index is 14.2. The first kappa shape index (κ1) is 25.6. The van der Waals surface area contributed by atoms with Crippen molar-refractivity contribution in [3.05, 3.63) is 83.5 Å². The number of aliphatic imine (C=N–C) groups is 1. The molecule has 2 aromatic carbocycles. The minimum Gasteiger partial charge on any atom is -0.489 e. The maximum Gasteiger partial charge on any atom is 0.165 e. The van der Waals surface area contributed by atoms with Gasteiger partial charge in [0.2, 0.25) is 0 Å². The molecule has 1 saturated heterocycles. The van der Waals surface area contributed by atoms with E-state index < -0.39 is 5.82 Å². The van der Waals surface area contributed by atoms with Crippen molar-refractivity contribution < 1.29 is 18.6 Å². The summed E-state index contributed by atoms with van der Waals surface area (Å²) in [4.78, 5) is 12.6. The highest BCUT2D eigenvalue weighted by Crippen LogP contribution is 2.29. The summed E-state index contributed by atoms with van der Waals surface area (Å²) in [5.74, 6) is 1.24. The fourth-order valence-corrected chi connectivity index (χ4v) is 3.70. The summed E-state index contributed by atoms with van der Waals surface area (Å²) in [5.41, 5.74) is 14.3. The van der Waals surface area contributed by atoms with Gasteiger partial charge in [-0.2, -0.15) is 5.26 Å². The third-order valence-corrected chi connectivity index (χ3v) is 5.73. The molecule has 0 bridgehead atoms. The van der Waals surface area contributed by atoms with Crippen LogP contribution in [0.5, 0.6) is 17.2 Å². The summed E-state index contributed by atoms with van der Waals surface area (Å²) in [6.45, 7) is 3.20. The highest BCUT2D eigenvalue weighted by molar-refractivity contribution is 6.12. The molecule has 0 aliphatic carbocycles. The van der Waals surface area contributed by atoms with Crippen LogP contribution in [0.3, 0.4) is 0 Å². The van der Waals surface area contributed by atoms with Crippen molar-refractivity contribution in [2.24, 2.45) is 22.4 Å². The monoisotopic (exact) mass is 502 g/mol. The number of nitrogens with two attached hydrogens (primary N) is 2. The van der Waals surface area contributed by atoms with Gasteiger partial charge in [-0.1, -0.05) is 0 Å². The number of allylic oxidation sites excluding steroid dienone is 2. The second kappa shape index (κ2) is 12.0. The van der Waals surface area contributed by atoms with Crippen molar-refractivity contribution in [2.75, 3.05) is 13.2 Å². The molecule has 0 atom stereocenters. The van der Waals surface area contributed by atoms with Gasteiger partial charge in [-0.15, -0.1) is 0 Å². The Balaban J connectivity index is 1.43. The number of benzene rings is 2. The molecule has 1 fully saturated rings. The fourth-order valence-electron chi connectivity index (χ4n) is 3.70. The Bertz CT molecular complexity index is 1330. The summed E-state index contributed by atoms with van der Waals surface area (Å²) in [7, 11) is 0. The number of ether oxygens (including phenoxy) is 3. The number of nitriles is 1. The van der Waals surface area contributed by atoms with E-state index in [2.05, 4.69) is 15.0 Å². The van der Waals surface area contributed by atoms with E-state index in [0.29, 0.717) is 41.9 Å². The Morgan fingerprint density at radius 1 is 1.08 bits per heavy atom. The molecule has 190 valence electrons. The molecular weight excluding hydrogens is 475 g/mol. The molecular formula is C27H27FN6O3. The molecule has 2 heterocycles. The van der Waals surface area contributed by atoms with E-state index in [1.165, 1.54) is 12.1 Å². The lowest BCUT2D eigenvalue weighted by Crippen LogP contribution is -2.27. The van der Waals surface area contributed by atoms with Gasteiger partial charge in [-0.25, -0.2) is 19.4 Å². The molecule has 1 aliphatic heterocycles. The normalized spacial score (nSPS) is 15.0. The van der Waals surface area contributed by atoms with Crippen molar-refractivity contribution in [1.29, 1.82) is 5.26 Å². The average molecular weight is 503 g/mol. The smallest absolute Gasteiger partial charge is 0.165 e. The first-order chi connectivity index (χ1) is 17.9. The van der Waals surface area contributed by atoms with Crippen LogP contribution in [-0.4, -0.2) is 28.9 Å². The molecule has 0 spiro atoms. The molecule has 0 unspecified atom stereocenters. The second-order valence-electron chi connectivity index (χ2n) is 8.47. The van der Waals surface area contributed by atoms with Gasteiger partial charge in [0.25, 0.3) is 0 Å². The van der Waals surface area contributed by atoms with Gasteiger partial charge in [-0.3, -0.25) is 0 Å². The minimum atomic E-state index is -0.503. The van der Waals surface area contributed by atoms with E-state index in [9.17, 15) is 9.65 Å². The van der Waals surface area contributed by atoms with Gasteiger partial charge < -0.3 is 25.7 Å². The number of rotatable bonds is 8. The summed E-state index contributed by atoms with van der Waals surface area (Å²) >= 11 is 0. The summed E-state index contributed by atoms with van der Waals surface area (Å²) in [6, 6.07) is 12.8. The summed E-state index contributed by atoms with van der Waals surface area (Å²) in [5, 5.41) is 9.58. The Morgan fingerprint density at radius 2 is 1.76 bits per heavy atom. The zero-order valence-corrected chi connectivity index (χ0v) is 20.4. The van der Waals surface area contributed by atoms with Gasteiger partial charge in [0, 0.05) is 61.0 Å². The fraction of sp³-hybridized carbons (Fsp3) is 0.259. The number of hydrogen-bond acceptors (Lipinski definition) is 9. The third kappa shape index (κ3) is 7.02. The van der Waals surface area contributed by atoms with E-state index in [0.717, 1.165) is 18.4 Å². The predicted octanol–water partition coefficient (Wildman–Crippen LogP) is 4.45. The molecule has 1 aromatic heterocycles. The van der Waals surface area contributed by atoms with Gasteiger partial charge >= 0.3 is 0 Å². The molecule has 0 radical (unpaired) electrons. The van der Waals surface area contributed by atoms with E-state index in [1.54, 1.807) is 49.6 Å². The van der Waals surface area contributed by atoms with Crippen molar-refractivity contribution >= 4 is 11.4 Å². The van der Waals surface area contributed by atoms with Crippen LogP contribution in [0.15, 0.2) is 71.2 Å². The van der Waals surface area contributed by atoms with Crippen LogP contribution in [0.1, 0.15) is 24.2 Å². The first-order valence-electron chi connectivity index (χ1n) is 11.7. The van der Waals surface area contributed by atoms with Gasteiger partial charge in [-0.05, 0) is 44.0 Å². The lowest BCUT2D eigenvalue weighted by atomic mass is 9.94. The topological polar surface area (TPSA) is 142 Å². The van der Waals surface area contributed by atoms with E-state index >= 15 is 0 Å². The molecule has 4 rings (SSSR count). The number of halogens is 1. The molecule has 0 saturated carbocycles. The van der Waals surface area contributed by atoms with Crippen LogP contribution < -0.4 is 20.9 Å². The Labute approximate surface area is 214 Å². The minimum absolute atomic E-state index is 0.0450. The molecule has 9 nitrogen and oxygen atoms in total. The molecule has 0 amide bonds. The van der Waals surface area contributed by atoms with Gasteiger partial charge in [0.05, 0.1) is 11.4 Å². The molecule has 1 aliphatic rings. The maximum atomic E-state index is 14.2. The highest BCUT2D eigenvalue weighted by Gasteiger charge is 2.20. The summed E-state index contributed by atoms with van der Waals surface area (Å²) in [6.07, 6.45) is 4.82. The Morgan fingerprint density at radius 3 is 2.43 bits per heavy atom. The lowest BCUT2D eigenvalue weighted by Gasteiger charge is -2.23. The Kier molecular flexibility index (Phi) is 8.28. The number of aryl methyl sites for hydroxylation is 1. The number of aromatic nitrogens is 2. The molecule has 10 heteroatoms. The average Bonchev–Trinajstić information content (AvgIpc) is 2.92. The SMILES string of the molecule is Cc1ncc(COc2cc(F)cc(Oc3ccc(N=C(C#N)/C(N)=C(\N)C4CCOCC4)cc3)c2)cn1. The van der Waals surface area contributed by atoms with E-state index in [4.69, 9.17) is 25.7 Å². The molecule has 3 aromatic rings. The number of hydrogen-bond donors (Lipinski definition) is 2. The largest absolute Gasteiger partial charge is 0.489 e. The van der Waals surface area contributed by atoms with E-state index in [-0.39, 0.29) is 29.7 Å². The van der Waals surface area contributed by atoms with E-state index in [1.807, 2.05) is 6.07 Å². The van der Waals surface area contributed by atoms with Crippen LogP contribution in [0.25, 0.3) is 0 Å². The first-order valence-corrected chi connectivity index (χ1v) is 11.7. The van der Waals surface area contributed by atoms with Crippen molar-refractivity contribution in [2.45, 2.75) is 26.4 Å². The predicted molar refractivity (Wildman–Crippen MR) is 136 cm³/mol. The van der Waals surface area contributed by atoms with Gasteiger partial charge in [0.15, 0.2) is 5.71 Å². The van der Waals surface area contributed by atoms with Crippen LogP contribution in [0.2, 0.25) is 0 Å².